The Balaban J connectivity index is 3.28. The van der Waals surface area contributed by atoms with Gasteiger partial charge in [-0.25, -0.2) is 0 Å². The zero-order valence-electron chi connectivity index (χ0n) is 13.5. The second kappa shape index (κ2) is 7.44. The van der Waals surface area contributed by atoms with Gasteiger partial charge < -0.3 is 5.73 Å². The van der Waals surface area contributed by atoms with Gasteiger partial charge in [0.2, 0.25) is 0 Å². The highest BCUT2D eigenvalue weighted by atomic mass is 35.5. The molecule has 3 heteroatoms. The summed E-state index contributed by atoms with van der Waals surface area (Å²) in [5.41, 5.74) is 7.75. The average molecular weight is 297 g/mol. The molecule has 0 saturated heterocycles. The van der Waals surface area contributed by atoms with Crippen LogP contribution in [0.3, 0.4) is 0 Å². The number of nitrogens with zero attached hydrogens (tertiary/aromatic N) is 1. The molecule has 0 bridgehead atoms. The normalized spacial score (nSPS) is 16.4. The zero-order valence-corrected chi connectivity index (χ0v) is 14.2. The summed E-state index contributed by atoms with van der Waals surface area (Å²) < 4.78 is 0. The summed E-state index contributed by atoms with van der Waals surface area (Å²) in [5.74, 6) is 0.356. The minimum absolute atomic E-state index is 0.332. The summed E-state index contributed by atoms with van der Waals surface area (Å²) in [6.07, 6.45) is 1.04. The van der Waals surface area contributed by atoms with Gasteiger partial charge in [-0.1, -0.05) is 58.4 Å². The summed E-state index contributed by atoms with van der Waals surface area (Å²) in [6.45, 7) is 13.1. The molecule has 2 N–H and O–H groups in total. The number of likely N-dealkylation sites (N-methyl/N-ethyl adjacent to an activating group) is 1. The van der Waals surface area contributed by atoms with E-state index >= 15 is 0 Å². The minimum atomic E-state index is -0.356. The quantitative estimate of drug-likeness (QED) is 0.814. The lowest BCUT2D eigenvalue weighted by molar-refractivity contribution is 0.0925. The van der Waals surface area contributed by atoms with E-state index in [-0.39, 0.29) is 5.54 Å². The predicted molar refractivity (Wildman–Crippen MR) is 89.2 cm³/mol. The molecule has 0 radical (unpaired) electrons. The van der Waals surface area contributed by atoms with Crippen molar-refractivity contribution in [1.82, 2.24) is 4.90 Å². The number of hydrogen-bond acceptors (Lipinski definition) is 2. The molecule has 2 nitrogen and oxygen atoms in total. The first kappa shape index (κ1) is 17.5. The first-order valence-electron chi connectivity index (χ1n) is 7.70. The van der Waals surface area contributed by atoms with Crippen molar-refractivity contribution < 1.29 is 0 Å². The third kappa shape index (κ3) is 3.36. The molecule has 0 aliphatic rings. The first-order chi connectivity index (χ1) is 9.41. The highest BCUT2D eigenvalue weighted by Crippen LogP contribution is 2.35. The van der Waals surface area contributed by atoms with Gasteiger partial charge in [-0.05, 0) is 43.1 Å². The maximum Gasteiger partial charge on any atom is 0.0590 e. The maximum atomic E-state index is 6.93. The van der Waals surface area contributed by atoms with E-state index < -0.39 is 0 Å². The van der Waals surface area contributed by atoms with Crippen LogP contribution in [0.1, 0.15) is 46.6 Å². The summed E-state index contributed by atoms with van der Waals surface area (Å²) in [7, 11) is 0. The molecule has 0 aromatic heterocycles. The Hall–Kier alpha value is -0.570. The Labute approximate surface area is 129 Å². The summed E-state index contributed by atoms with van der Waals surface area (Å²) in [5, 5.41) is 0.760. The summed E-state index contributed by atoms with van der Waals surface area (Å²) in [6, 6.07) is 8.37. The molecule has 0 saturated carbocycles. The van der Waals surface area contributed by atoms with Crippen molar-refractivity contribution in [2.75, 3.05) is 13.1 Å². The van der Waals surface area contributed by atoms with Crippen molar-refractivity contribution in [2.45, 2.75) is 52.6 Å². The summed E-state index contributed by atoms with van der Waals surface area (Å²) in [4.78, 5) is 2.47. The number of halogens is 1. The highest BCUT2D eigenvalue weighted by molar-refractivity contribution is 6.30. The van der Waals surface area contributed by atoms with Gasteiger partial charge in [0, 0.05) is 11.1 Å². The van der Waals surface area contributed by atoms with Crippen molar-refractivity contribution >= 4 is 11.6 Å². The van der Waals surface area contributed by atoms with Gasteiger partial charge in [0.15, 0.2) is 0 Å². The largest absolute Gasteiger partial charge is 0.320 e. The molecular formula is C17H29ClN2. The number of benzene rings is 1. The molecule has 0 spiro atoms. The van der Waals surface area contributed by atoms with E-state index in [0.29, 0.717) is 12.0 Å². The molecular weight excluding hydrogens is 268 g/mol. The Morgan fingerprint density at radius 1 is 1.10 bits per heavy atom. The highest BCUT2D eigenvalue weighted by Gasteiger charge is 2.40. The van der Waals surface area contributed by atoms with E-state index in [4.69, 9.17) is 17.3 Å². The predicted octanol–water partition coefficient (Wildman–Crippen LogP) is 4.27. The fraction of sp³-hybridized carbons (Fsp3) is 0.647. The molecule has 1 rings (SSSR count). The van der Waals surface area contributed by atoms with Crippen molar-refractivity contribution in [1.29, 1.82) is 0 Å². The standard InChI is InChI=1S/C17H29ClN2/c1-6-16(20(7-2)8-3)17(19,13(4)5)14-9-11-15(18)12-10-14/h9-13,16H,6-8,19H2,1-5H3. The zero-order chi connectivity index (χ0) is 15.3. The van der Waals surface area contributed by atoms with Crippen LogP contribution in [0.2, 0.25) is 5.02 Å². The second-order valence-corrected chi connectivity index (χ2v) is 6.18. The SMILES string of the molecule is CCC(N(CC)CC)C(N)(c1ccc(Cl)cc1)C(C)C. The van der Waals surface area contributed by atoms with Crippen LogP contribution in [0, 0.1) is 5.92 Å². The molecule has 0 fully saturated rings. The van der Waals surface area contributed by atoms with Crippen molar-refractivity contribution in [3.05, 3.63) is 34.9 Å². The topological polar surface area (TPSA) is 29.3 Å². The fourth-order valence-corrected chi connectivity index (χ4v) is 3.34. The van der Waals surface area contributed by atoms with E-state index in [1.54, 1.807) is 0 Å². The van der Waals surface area contributed by atoms with Crippen LogP contribution in [0.15, 0.2) is 24.3 Å². The van der Waals surface area contributed by atoms with Crippen LogP contribution in [0.25, 0.3) is 0 Å². The van der Waals surface area contributed by atoms with Gasteiger partial charge in [-0.3, -0.25) is 4.90 Å². The third-order valence-corrected chi connectivity index (χ3v) is 4.74. The molecule has 0 aliphatic carbocycles. The maximum absolute atomic E-state index is 6.93. The molecule has 114 valence electrons. The molecule has 0 aliphatic heterocycles. The van der Waals surface area contributed by atoms with Crippen LogP contribution in [-0.4, -0.2) is 24.0 Å². The number of nitrogens with two attached hydrogens (primary N) is 1. The van der Waals surface area contributed by atoms with Gasteiger partial charge in [-0.2, -0.15) is 0 Å². The van der Waals surface area contributed by atoms with Crippen molar-refractivity contribution in [2.24, 2.45) is 11.7 Å². The Morgan fingerprint density at radius 2 is 1.60 bits per heavy atom. The second-order valence-electron chi connectivity index (χ2n) is 5.74. The number of rotatable bonds is 7. The van der Waals surface area contributed by atoms with Crippen LogP contribution in [0.4, 0.5) is 0 Å². The molecule has 0 amide bonds. The number of hydrogen-bond donors (Lipinski definition) is 1. The first-order valence-corrected chi connectivity index (χ1v) is 8.08. The lowest BCUT2D eigenvalue weighted by Gasteiger charge is -2.46. The summed E-state index contributed by atoms with van der Waals surface area (Å²) >= 11 is 6.02. The Bertz CT molecular complexity index is 398. The average Bonchev–Trinajstić information content (AvgIpc) is 2.44. The van der Waals surface area contributed by atoms with E-state index in [1.807, 2.05) is 12.1 Å². The Morgan fingerprint density at radius 3 is 1.95 bits per heavy atom. The molecule has 0 heterocycles. The van der Waals surface area contributed by atoms with Gasteiger partial charge in [0.1, 0.15) is 0 Å². The van der Waals surface area contributed by atoms with Gasteiger partial charge >= 0.3 is 0 Å². The monoisotopic (exact) mass is 296 g/mol. The molecule has 2 unspecified atom stereocenters. The molecule has 2 atom stereocenters. The third-order valence-electron chi connectivity index (χ3n) is 4.49. The lowest BCUT2D eigenvalue weighted by Crippen LogP contribution is -2.58. The van der Waals surface area contributed by atoms with Crippen molar-refractivity contribution in [3.8, 4) is 0 Å². The van der Waals surface area contributed by atoms with Crippen LogP contribution in [0.5, 0.6) is 0 Å². The van der Waals surface area contributed by atoms with E-state index in [0.717, 1.165) is 24.5 Å². The lowest BCUT2D eigenvalue weighted by atomic mass is 9.73. The Kier molecular flexibility index (Phi) is 6.50. The van der Waals surface area contributed by atoms with Crippen molar-refractivity contribution in [3.63, 3.8) is 0 Å². The minimum Gasteiger partial charge on any atom is -0.320 e. The molecule has 1 aromatic rings. The van der Waals surface area contributed by atoms with Crippen LogP contribution < -0.4 is 5.73 Å². The smallest absolute Gasteiger partial charge is 0.0590 e. The fourth-order valence-electron chi connectivity index (χ4n) is 3.21. The van der Waals surface area contributed by atoms with Crippen LogP contribution >= 0.6 is 11.6 Å². The molecule has 20 heavy (non-hydrogen) atoms. The molecule has 1 aromatic carbocycles. The van der Waals surface area contributed by atoms with Gasteiger partial charge in [0.25, 0.3) is 0 Å². The van der Waals surface area contributed by atoms with E-state index in [1.165, 1.54) is 5.56 Å². The van der Waals surface area contributed by atoms with Gasteiger partial charge in [-0.15, -0.1) is 0 Å². The van der Waals surface area contributed by atoms with E-state index in [9.17, 15) is 0 Å². The van der Waals surface area contributed by atoms with Crippen LogP contribution in [-0.2, 0) is 5.54 Å². The van der Waals surface area contributed by atoms with E-state index in [2.05, 4.69) is 51.7 Å². The van der Waals surface area contributed by atoms with Gasteiger partial charge in [0.05, 0.1) is 5.54 Å².